The summed E-state index contributed by atoms with van der Waals surface area (Å²) in [6.45, 7) is 0. The summed E-state index contributed by atoms with van der Waals surface area (Å²) < 4.78 is 0. The first kappa shape index (κ1) is 8.91. The predicted octanol–water partition coefficient (Wildman–Crippen LogP) is -2.06. The Labute approximate surface area is 79.6 Å². The third kappa shape index (κ3) is 1.24. The first-order valence-corrected chi connectivity index (χ1v) is 3.06. The molecule has 0 spiro atoms. The molecule has 0 fully saturated rings. The number of hydrogen-bond acceptors (Lipinski definition) is 2. The standard InChI is InChI=1S/C6H6N4O.Li/c7-6-9-4-3(1-2-8-4)5(11)10-6;/h1-2H,(H4,7,8,9,10,11);/q;+1/p-1. The van der Waals surface area contributed by atoms with E-state index in [4.69, 9.17) is 5.73 Å². The molecule has 12 heavy (non-hydrogen) atoms. The second-order valence-corrected chi connectivity index (χ2v) is 2.15. The summed E-state index contributed by atoms with van der Waals surface area (Å²) in [7, 11) is 0. The van der Waals surface area contributed by atoms with Gasteiger partial charge in [0.25, 0.3) is 0 Å². The molecule has 6 heteroatoms. The predicted molar refractivity (Wildman–Crippen MR) is 40.7 cm³/mol. The second-order valence-electron chi connectivity index (χ2n) is 2.15. The summed E-state index contributed by atoms with van der Waals surface area (Å²) in [4.78, 5) is 19.8. The minimum Gasteiger partial charge on any atom is -0.411 e. The molecule has 0 aliphatic carbocycles. The van der Waals surface area contributed by atoms with E-state index in [-0.39, 0.29) is 30.4 Å². The van der Waals surface area contributed by atoms with Crippen molar-refractivity contribution >= 4 is 17.0 Å². The van der Waals surface area contributed by atoms with Gasteiger partial charge in [0.2, 0.25) is 5.56 Å². The van der Waals surface area contributed by atoms with Crippen LogP contribution < -0.4 is 24.4 Å². The summed E-state index contributed by atoms with van der Waals surface area (Å²) in [6.07, 6.45) is 1.62. The molecule has 0 radical (unpaired) electrons. The number of nitrogens with zero attached hydrogens (tertiary/aromatic N) is 1. The molecule has 2 aromatic heterocycles. The van der Waals surface area contributed by atoms with E-state index in [0.717, 1.165) is 0 Å². The Kier molecular flexibility index (Phi) is 2.27. The zero-order valence-corrected chi connectivity index (χ0v) is 6.51. The molecule has 0 aliphatic rings. The molecular weight excluding hydrogens is 151 g/mol. The van der Waals surface area contributed by atoms with Crippen LogP contribution in [0.3, 0.4) is 0 Å². The van der Waals surface area contributed by atoms with Crippen LogP contribution in [0, 0.1) is 0 Å². The fourth-order valence-corrected chi connectivity index (χ4v) is 0.951. The molecule has 0 saturated heterocycles. The largest absolute Gasteiger partial charge is 1.00 e. The second kappa shape index (κ2) is 3.05. The van der Waals surface area contributed by atoms with Crippen molar-refractivity contribution in [2.75, 3.05) is 0 Å². The Morgan fingerprint density at radius 1 is 1.50 bits per heavy atom. The van der Waals surface area contributed by atoms with Gasteiger partial charge in [-0.15, -0.1) is 0 Å². The number of aromatic amines is 2. The molecule has 3 N–H and O–H groups in total. The van der Waals surface area contributed by atoms with Crippen molar-refractivity contribution in [3.8, 4) is 0 Å². The zero-order chi connectivity index (χ0) is 7.84. The van der Waals surface area contributed by atoms with Crippen molar-refractivity contribution in [1.82, 2.24) is 15.0 Å². The maximum atomic E-state index is 11.0. The summed E-state index contributed by atoms with van der Waals surface area (Å²) in [5, 5.41) is 0.487. The average Bonchev–Trinajstić information content (AvgIpc) is 2.34. The summed E-state index contributed by atoms with van der Waals surface area (Å²) in [5.74, 6) is -0.120. The maximum absolute atomic E-state index is 11.0. The Balaban J connectivity index is 0.000000720. The summed E-state index contributed by atoms with van der Waals surface area (Å²) in [6, 6.07) is 1.63. The van der Waals surface area contributed by atoms with Crippen LogP contribution in [0.2, 0.25) is 0 Å². The summed E-state index contributed by atoms with van der Waals surface area (Å²) >= 11 is 0. The van der Waals surface area contributed by atoms with Gasteiger partial charge in [-0.05, 0) is 6.07 Å². The van der Waals surface area contributed by atoms with E-state index in [1.165, 1.54) is 0 Å². The maximum Gasteiger partial charge on any atom is 1.00 e. The number of fused-ring (bicyclic) bond motifs is 1. The van der Waals surface area contributed by atoms with Crippen molar-refractivity contribution in [3.05, 3.63) is 28.4 Å². The molecule has 0 aromatic carbocycles. The van der Waals surface area contributed by atoms with E-state index in [0.29, 0.717) is 11.0 Å². The fourth-order valence-electron chi connectivity index (χ4n) is 0.951. The van der Waals surface area contributed by atoms with Crippen LogP contribution in [0.1, 0.15) is 0 Å². The van der Waals surface area contributed by atoms with E-state index in [1.54, 1.807) is 12.3 Å². The number of H-pyrrole nitrogens is 2. The third-order valence-electron chi connectivity index (χ3n) is 1.43. The Morgan fingerprint density at radius 3 is 3.00 bits per heavy atom. The molecule has 2 heterocycles. The van der Waals surface area contributed by atoms with E-state index >= 15 is 0 Å². The minimum absolute atomic E-state index is 0. The van der Waals surface area contributed by atoms with Crippen LogP contribution in [0.25, 0.3) is 16.8 Å². The number of nitrogens with one attached hydrogen (secondary N) is 3. The van der Waals surface area contributed by atoms with E-state index in [9.17, 15) is 4.79 Å². The van der Waals surface area contributed by atoms with Crippen LogP contribution in [-0.2, 0) is 0 Å². The molecule has 56 valence electrons. The number of rotatable bonds is 0. The van der Waals surface area contributed by atoms with Gasteiger partial charge in [-0.1, -0.05) is 0 Å². The molecule has 0 aliphatic heterocycles. The van der Waals surface area contributed by atoms with E-state index in [2.05, 4.69) is 15.0 Å². The number of hydrogen-bond donors (Lipinski definition) is 2. The van der Waals surface area contributed by atoms with Crippen molar-refractivity contribution < 1.29 is 18.9 Å². The van der Waals surface area contributed by atoms with Crippen molar-refractivity contribution in [1.29, 1.82) is 0 Å². The topological polar surface area (TPSA) is 85.3 Å². The molecule has 0 amide bonds. The third-order valence-corrected chi connectivity index (χ3v) is 1.43. The quantitative estimate of drug-likeness (QED) is 0.430. The van der Waals surface area contributed by atoms with Gasteiger partial charge >= 0.3 is 18.9 Å². The van der Waals surface area contributed by atoms with Gasteiger partial charge in [0.05, 0.1) is 11.0 Å². The first-order chi connectivity index (χ1) is 5.27. The van der Waals surface area contributed by atoms with Gasteiger partial charge in [0.1, 0.15) is 0 Å². The Morgan fingerprint density at radius 2 is 2.25 bits per heavy atom. The molecular formula is C6H5LiN4O. The van der Waals surface area contributed by atoms with Gasteiger partial charge in [0, 0.05) is 12.1 Å². The van der Waals surface area contributed by atoms with Crippen molar-refractivity contribution in [2.45, 2.75) is 0 Å². The molecule has 2 rings (SSSR count). The molecule has 0 saturated carbocycles. The molecule has 2 aromatic rings. The molecule has 0 atom stereocenters. The minimum atomic E-state index is -0.277. The molecule has 0 unspecified atom stereocenters. The SMILES string of the molecule is [Li+].[NH-]c1nc2[nH]ccc2c(=O)[nH]1. The van der Waals surface area contributed by atoms with Crippen molar-refractivity contribution in [3.63, 3.8) is 0 Å². The van der Waals surface area contributed by atoms with Gasteiger partial charge < -0.3 is 20.7 Å². The van der Waals surface area contributed by atoms with Crippen LogP contribution in [0.15, 0.2) is 17.1 Å². The molecule has 0 bridgehead atoms. The zero-order valence-electron chi connectivity index (χ0n) is 6.51. The van der Waals surface area contributed by atoms with Gasteiger partial charge in [-0.2, -0.15) is 0 Å². The van der Waals surface area contributed by atoms with E-state index in [1.807, 2.05) is 0 Å². The summed E-state index contributed by atoms with van der Waals surface area (Å²) in [5.41, 5.74) is 7.25. The van der Waals surface area contributed by atoms with Crippen LogP contribution in [0.5, 0.6) is 0 Å². The Bertz CT molecular complexity index is 446. The number of aromatic nitrogens is 3. The first-order valence-electron chi connectivity index (χ1n) is 3.06. The molecule has 5 nitrogen and oxygen atoms in total. The normalized spacial score (nSPS) is 9.67. The van der Waals surface area contributed by atoms with Crippen LogP contribution in [-0.4, -0.2) is 15.0 Å². The van der Waals surface area contributed by atoms with Crippen LogP contribution in [0.4, 0.5) is 5.95 Å². The van der Waals surface area contributed by atoms with Gasteiger partial charge in [-0.25, -0.2) is 0 Å². The Hall–Kier alpha value is -1.18. The van der Waals surface area contributed by atoms with E-state index < -0.39 is 0 Å². The smallest absolute Gasteiger partial charge is 0.411 e. The van der Waals surface area contributed by atoms with Gasteiger partial charge in [-0.3, -0.25) is 4.79 Å². The average molecular weight is 156 g/mol. The van der Waals surface area contributed by atoms with Crippen LogP contribution >= 0.6 is 0 Å². The monoisotopic (exact) mass is 156 g/mol. The van der Waals surface area contributed by atoms with Gasteiger partial charge in [0.15, 0.2) is 0 Å². The fraction of sp³-hybridized carbons (Fsp3) is 0. The van der Waals surface area contributed by atoms with Crippen molar-refractivity contribution in [2.24, 2.45) is 0 Å².